The number of ether oxygens (including phenoxy) is 2. The first-order valence-corrected chi connectivity index (χ1v) is 9.95. The van der Waals surface area contributed by atoms with Crippen LogP contribution in [0, 0.1) is 0 Å². The number of pyridine rings is 1. The molecule has 0 atom stereocenters. The van der Waals surface area contributed by atoms with E-state index in [2.05, 4.69) is 4.98 Å². The lowest BCUT2D eigenvalue weighted by atomic mass is 10.0. The molecule has 150 valence electrons. The monoisotopic (exact) mass is 396 g/mol. The van der Waals surface area contributed by atoms with Gasteiger partial charge in [-0.15, -0.1) is 0 Å². The Hall–Kier alpha value is -3.63. The zero-order valence-electron chi connectivity index (χ0n) is 16.7. The maximum atomic E-state index is 6.06. The molecular weight excluding hydrogens is 372 g/mol. The van der Waals surface area contributed by atoms with Crippen LogP contribution >= 0.6 is 0 Å². The minimum atomic E-state index is 0.426. The van der Waals surface area contributed by atoms with E-state index in [4.69, 9.17) is 15.2 Å². The molecule has 0 aliphatic rings. The molecule has 30 heavy (non-hydrogen) atoms. The van der Waals surface area contributed by atoms with Gasteiger partial charge in [-0.3, -0.25) is 0 Å². The van der Waals surface area contributed by atoms with Gasteiger partial charge in [-0.1, -0.05) is 72.8 Å². The van der Waals surface area contributed by atoms with E-state index >= 15 is 0 Å². The number of aromatic nitrogens is 1. The van der Waals surface area contributed by atoms with Gasteiger partial charge in [-0.2, -0.15) is 0 Å². The molecule has 0 aliphatic carbocycles. The van der Waals surface area contributed by atoms with Crippen LogP contribution in [0.25, 0.3) is 11.1 Å². The molecule has 1 aromatic heterocycles. The molecule has 4 rings (SSSR count). The van der Waals surface area contributed by atoms with E-state index in [0.717, 1.165) is 33.6 Å². The maximum absolute atomic E-state index is 6.06. The zero-order chi connectivity index (χ0) is 20.6. The van der Waals surface area contributed by atoms with E-state index in [1.165, 1.54) is 0 Å². The summed E-state index contributed by atoms with van der Waals surface area (Å²) in [5, 5.41) is 0. The molecule has 0 fully saturated rings. The quantitative estimate of drug-likeness (QED) is 0.435. The first-order chi connectivity index (χ1) is 14.8. The lowest BCUT2D eigenvalue weighted by Gasteiger charge is -2.13. The lowest BCUT2D eigenvalue weighted by Crippen LogP contribution is -2.03. The van der Waals surface area contributed by atoms with Gasteiger partial charge in [0.1, 0.15) is 19.0 Å². The molecule has 0 unspecified atom stereocenters. The molecule has 0 saturated heterocycles. The van der Waals surface area contributed by atoms with Gasteiger partial charge < -0.3 is 15.2 Å². The van der Waals surface area contributed by atoms with Crippen LogP contribution in [0.4, 0.5) is 0 Å². The Kier molecular flexibility index (Phi) is 6.38. The minimum Gasteiger partial charge on any atom is -0.489 e. The van der Waals surface area contributed by atoms with Crippen LogP contribution in [0.5, 0.6) is 11.6 Å². The average Bonchev–Trinajstić information content (AvgIpc) is 2.83. The van der Waals surface area contributed by atoms with Gasteiger partial charge in [0.05, 0.1) is 0 Å². The fourth-order valence-corrected chi connectivity index (χ4v) is 3.14. The van der Waals surface area contributed by atoms with Crippen molar-refractivity contribution >= 4 is 0 Å². The predicted octanol–water partition coefficient (Wildman–Crippen LogP) is 5.37. The molecule has 0 saturated carbocycles. The summed E-state index contributed by atoms with van der Waals surface area (Å²) in [4.78, 5) is 4.45. The predicted molar refractivity (Wildman–Crippen MR) is 119 cm³/mol. The van der Waals surface area contributed by atoms with Crippen molar-refractivity contribution in [1.29, 1.82) is 0 Å². The van der Waals surface area contributed by atoms with Crippen molar-refractivity contribution in [3.63, 3.8) is 0 Å². The third kappa shape index (κ3) is 5.04. The first-order valence-electron chi connectivity index (χ1n) is 9.95. The molecule has 0 spiro atoms. The molecule has 0 aliphatic heterocycles. The summed E-state index contributed by atoms with van der Waals surface area (Å²) in [6.07, 6.45) is 1.82. The van der Waals surface area contributed by atoms with Crippen molar-refractivity contribution in [3.05, 3.63) is 114 Å². The van der Waals surface area contributed by atoms with Gasteiger partial charge >= 0.3 is 0 Å². The molecule has 1 heterocycles. The molecular formula is C26H24N2O2. The highest BCUT2D eigenvalue weighted by atomic mass is 16.5. The van der Waals surface area contributed by atoms with Crippen LogP contribution in [0.15, 0.2) is 97.2 Å². The molecule has 0 bridgehead atoms. The summed E-state index contributed by atoms with van der Waals surface area (Å²) in [6, 6.07) is 30.1. The lowest BCUT2D eigenvalue weighted by molar-refractivity contribution is 0.294. The Morgan fingerprint density at radius 1 is 0.667 bits per heavy atom. The van der Waals surface area contributed by atoms with E-state index in [0.29, 0.717) is 25.6 Å². The third-order valence-corrected chi connectivity index (χ3v) is 4.82. The second-order valence-corrected chi connectivity index (χ2v) is 6.96. The molecule has 2 N–H and O–H groups in total. The van der Waals surface area contributed by atoms with Crippen molar-refractivity contribution < 1.29 is 9.47 Å². The van der Waals surface area contributed by atoms with E-state index in [1.54, 1.807) is 0 Å². The number of hydrogen-bond acceptors (Lipinski definition) is 4. The third-order valence-electron chi connectivity index (χ3n) is 4.82. The van der Waals surface area contributed by atoms with Crippen LogP contribution in [-0.2, 0) is 19.8 Å². The Bertz CT molecular complexity index is 1070. The highest BCUT2D eigenvalue weighted by Gasteiger charge is 2.08. The molecule has 0 radical (unpaired) electrons. The summed E-state index contributed by atoms with van der Waals surface area (Å²) in [5.41, 5.74) is 11.1. The van der Waals surface area contributed by atoms with Gasteiger partial charge in [0.2, 0.25) is 5.88 Å². The average molecular weight is 396 g/mol. The second kappa shape index (κ2) is 9.72. The normalized spacial score (nSPS) is 10.6. The Balaban J connectivity index is 1.46. The van der Waals surface area contributed by atoms with E-state index < -0.39 is 0 Å². The Morgan fingerprint density at radius 2 is 1.30 bits per heavy atom. The first kappa shape index (κ1) is 19.7. The van der Waals surface area contributed by atoms with Crippen molar-refractivity contribution in [2.24, 2.45) is 5.73 Å². The zero-order valence-corrected chi connectivity index (χ0v) is 16.7. The number of hydrogen-bond donors (Lipinski definition) is 1. The second-order valence-electron chi connectivity index (χ2n) is 6.96. The summed E-state index contributed by atoms with van der Waals surface area (Å²) >= 11 is 0. The molecule has 3 aromatic carbocycles. The molecule has 4 heteroatoms. The summed E-state index contributed by atoms with van der Waals surface area (Å²) in [5.74, 6) is 1.39. The molecule has 0 amide bonds. The highest BCUT2D eigenvalue weighted by Crippen LogP contribution is 2.28. The van der Waals surface area contributed by atoms with Crippen molar-refractivity contribution in [2.75, 3.05) is 0 Å². The van der Waals surface area contributed by atoms with Crippen molar-refractivity contribution in [1.82, 2.24) is 4.98 Å². The number of nitrogens with zero attached hydrogens (tertiary/aromatic N) is 1. The van der Waals surface area contributed by atoms with E-state index in [1.807, 2.05) is 97.2 Å². The number of nitrogens with two attached hydrogens (primary N) is 1. The van der Waals surface area contributed by atoms with Crippen LogP contribution in [0.1, 0.15) is 16.7 Å². The fraction of sp³-hybridized carbons (Fsp3) is 0.115. The summed E-state index contributed by atoms with van der Waals surface area (Å²) in [7, 11) is 0. The van der Waals surface area contributed by atoms with Crippen LogP contribution < -0.4 is 15.2 Å². The SMILES string of the molecule is NCc1ccc(-c2ccc(OCc3ccccc3)nc2)cc1OCc1ccccc1. The molecule has 4 aromatic rings. The topological polar surface area (TPSA) is 57.4 Å². The van der Waals surface area contributed by atoms with Crippen molar-refractivity contribution in [2.45, 2.75) is 19.8 Å². The van der Waals surface area contributed by atoms with Gasteiger partial charge in [0.15, 0.2) is 0 Å². The smallest absolute Gasteiger partial charge is 0.213 e. The van der Waals surface area contributed by atoms with E-state index in [9.17, 15) is 0 Å². The largest absolute Gasteiger partial charge is 0.489 e. The van der Waals surface area contributed by atoms with Crippen molar-refractivity contribution in [3.8, 4) is 22.8 Å². The Morgan fingerprint density at radius 3 is 1.90 bits per heavy atom. The standard InChI is InChI=1S/C26H24N2O2/c27-16-23-12-11-22(15-25(23)29-18-20-7-3-1-4-8-20)24-13-14-26(28-17-24)30-19-21-9-5-2-6-10-21/h1-15,17H,16,18-19,27H2. The van der Waals surface area contributed by atoms with E-state index in [-0.39, 0.29) is 0 Å². The number of benzene rings is 3. The van der Waals surface area contributed by atoms with Gasteiger partial charge in [0.25, 0.3) is 0 Å². The van der Waals surface area contributed by atoms with Gasteiger partial charge in [-0.05, 0) is 28.8 Å². The molecule has 4 nitrogen and oxygen atoms in total. The maximum Gasteiger partial charge on any atom is 0.213 e. The van der Waals surface area contributed by atoms with Gasteiger partial charge in [-0.25, -0.2) is 4.98 Å². The fourth-order valence-electron chi connectivity index (χ4n) is 3.14. The Labute approximate surface area is 176 Å². The van der Waals surface area contributed by atoms with Crippen LogP contribution in [-0.4, -0.2) is 4.98 Å². The van der Waals surface area contributed by atoms with Gasteiger partial charge in [0, 0.05) is 29.9 Å². The summed E-state index contributed by atoms with van der Waals surface area (Å²) < 4.78 is 11.8. The van der Waals surface area contributed by atoms with Crippen LogP contribution in [0.3, 0.4) is 0 Å². The summed E-state index contributed by atoms with van der Waals surface area (Å²) in [6.45, 7) is 1.42. The van der Waals surface area contributed by atoms with Crippen LogP contribution in [0.2, 0.25) is 0 Å². The number of rotatable bonds is 8. The minimum absolute atomic E-state index is 0.426. The highest BCUT2D eigenvalue weighted by molar-refractivity contribution is 5.65.